The molecular weight excluding hydrogens is 304 g/mol. The molecule has 0 aromatic heterocycles. The monoisotopic (exact) mass is 334 g/mol. The van der Waals surface area contributed by atoms with Crippen LogP contribution in [0.25, 0.3) is 0 Å². The molecule has 5 heteroatoms. The van der Waals surface area contributed by atoms with E-state index in [1.807, 2.05) is 17.1 Å². The summed E-state index contributed by atoms with van der Waals surface area (Å²) < 4.78 is 5.33. The summed E-state index contributed by atoms with van der Waals surface area (Å²) in [6.45, 7) is 4.57. The van der Waals surface area contributed by atoms with Gasteiger partial charge in [0, 0.05) is 19.1 Å². The lowest BCUT2D eigenvalue weighted by Crippen LogP contribution is -2.49. The number of amides is 2. The average molecular weight is 334 g/mol. The molecule has 3 rings (SSSR count). The van der Waals surface area contributed by atoms with E-state index in [-0.39, 0.29) is 29.7 Å². The van der Waals surface area contributed by atoms with Crippen molar-refractivity contribution in [1.29, 1.82) is 0 Å². The Morgan fingerprint density at radius 1 is 1.17 bits per heavy atom. The Kier molecular flexibility index (Phi) is 5.93. The van der Waals surface area contributed by atoms with Crippen molar-refractivity contribution < 1.29 is 14.3 Å². The lowest BCUT2D eigenvalue weighted by Gasteiger charge is -2.34. The van der Waals surface area contributed by atoms with E-state index >= 15 is 0 Å². The highest BCUT2D eigenvalue weighted by Gasteiger charge is 2.37. The van der Waals surface area contributed by atoms with Crippen LogP contribution in [0.3, 0.4) is 0 Å². The third-order valence-electron chi connectivity index (χ3n) is 5.50. The van der Waals surface area contributed by atoms with Crippen molar-refractivity contribution in [3.8, 4) is 0 Å². The molecule has 2 aliphatic carbocycles. The topological polar surface area (TPSA) is 58.6 Å². The molecule has 5 nitrogen and oxygen atoms in total. The molecule has 3 unspecified atom stereocenters. The molecule has 3 aliphatic rings. The minimum atomic E-state index is -0.228. The molecule has 1 saturated heterocycles. The first-order valence-electron chi connectivity index (χ1n) is 9.47. The molecule has 24 heavy (non-hydrogen) atoms. The quantitative estimate of drug-likeness (QED) is 0.757. The van der Waals surface area contributed by atoms with E-state index in [9.17, 15) is 9.59 Å². The highest BCUT2D eigenvalue weighted by Crippen LogP contribution is 2.34. The van der Waals surface area contributed by atoms with E-state index in [1.54, 1.807) is 0 Å². The number of nitrogens with one attached hydrogen (secondary N) is 1. The van der Waals surface area contributed by atoms with Crippen molar-refractivity contribution >= 4 is 11.8 Å². The molecule has 3 atom stereocenters. The van der Waals surface area contributed by atoms with Crippen molar-refractivity contribution in [1.82, 2.24) is 10.2 Å². The third-order valence-corrected chi connectivity index (χ3v) is 5.50. The number of hydrogen-bond donors (Lipinski definition) is 1. The summed E-state index contributed by atoms with van der Waals surface area (Å²) >= 11 is 0. The fourth-order valence-electron chi connectivity index (χ4n) is 3.71. The number of carbonyl (C=O) groups is 2. The van der Waals surface area contributed by atoms with Crippen LogP contribution in [0, 0.1) is 17.8 Å². The molecule has 0 aromatic rings. The molecule has 1 N–H and O–H groups in total. The zero-order valence-corrected chi connectivity index (χ0v) is 14.7. The molecular formula is C19H30N2O3. The van der Waals surface area contributed by atoms with Crippen molar-refractivity contribution in [2.45, 2.75) is 51.5 Å². The minimum Gasteiger partial charge on any atom is -0.378 e. The highest BCUT2D eigenvalue weighted by atomic mass is 16.5. The molecule has 2 amide bonds. The number of carbonyl (C=O) groups excluding carboxylic acids is 2. The molecule has 1 saturated carbocycles. The van der Waals surface area contributed by atoms with Crippen molar-refractivity contribution in [2.75, 3.05) is 26.3 Å². The van der Waals surface area contributed by atoms with Gasteiger partial charge in [-0.2, -0.15) is 0 Å². The Morgan fingerprint density at radius 3 is 2.50 bits per heavy atom. The minimum absolute atomic E-state index is 0.0502. The largest absolute Gasteiger partial charge is 0.378 e. The van der Waals surface area contributed by atoms with Crippen molar-refractivity contribution in [2.24, 2.45) is 17.8 Å². The molecule has 0 radical (unpaired) electrons. The van der Waals surface area contributed by atoms with Crippen LogP contribution in [0.5, 0.6) is 0 Å². The number of hydrogen-bond acceptors (Lipinski definition) is 3. The predicted octanol–water partition coefficient (Wildman–Crippen LogP) is 2.12. The highest BCUT2D eigenvalue weighted by molar-refractivity contribution is 5.88. The Morgan fingerprint density at radius 2 is 1.83 bits per heavy atom. The van der Waals surface area contributed by atoms with E-state index in [4.69, 9.17) is 4.74 Å². The molecule has 2 fully saturated rings. The molecule has 1 aliphatic heterocycles. The molecule has 1 heterocycles. The van der Waals surface area contributed by atoms with Crippen LogP contribution in [-0.4, -0.2) is 49.1 Å². The van der Waals surface area contributed by atoms with Gasteiger partial charge in [-0.3, -0.25) is 9.59 Å². The van der Waals surface area contributed by atoms with Gasteiger partial charge in [0.05, 0.1) is 25.0 Å². The molecule has 0 bridgehead atoms. The van der Waals surface area contributed by atoms with E-state index in [2.05, 4.69) is 12.2 Å². The fourth-order valence-corrected chi connectivity index (χ4v) is 3.71. The second-order valence-electron chi connectivity index (χ2n) is 7.52. The Labute approximate surface area is 144 Å². The Bertz CT molecular complexity index is 481. The van der Waals surface area contributed by atoms with Gasteiger partial charge in [0.1, 0.15) is 0 Å². The fraction of sp³-hybridized carbons (Fsp3) is 0.789. The van der Waals surface area contributed by atoms with Gasteiger partial charge in [0.2, 0.25) is 11.8 Å². The van der Waals surface area contributed by atoms with Crippen LogP contribution in [0.4, 0.5) is 0 Å². The SMILES string of the molecule is CC(CCC1CC1)NC(=O)C1CC=CCC1C(=O)N1CCOCC1. The number of rotatable bonds is 6. The lowest BCUT2D eigenvalue weighted by molar-refractivity contribution is -0.145. The Balaban J connectivity index is 1.55. The smallest absolute Gasteiger partial charge is 0.226 e. The standard InChI is InChI=1S/C19H30N2O3/c1-14(6-7-15-8-9-15)20-18(22)16-4-2-3-5-17(16)19(23)21-10-12-24-13-11-21/h2-3,14-17H,4-13H2,1H3,(H,20,22). The van der Waals surface area contributed by atoms with Gasteiger partial charge >= 0.3 is 0 Å². The number of nitrogens with zero attached hydrogens (tertiary/aromatic N) is 1. The van der Waals surface area contributed by atoms with Gasteiger partial charge in [-0.1, -0.05) is 25.0 Å². The zero-order chi connectivity index (χ0) is 16.9. The molecule has 134 valence electrons. The normalized spacial score (nSPS) is 28.5. The number of allylic oxidation sites excluding steroid dienone is 2. The van der Waals surface area contributed by atoms with E-state index < -0.39 is 0 Å². The van der Waals surface area contributed by atoms with Gasteiger partial charge in [-0.25, -0.2) is 0 Å². The summed E-state index contributed by atoms with van der Waals surface area (Å²) in [4.78, 5) is 27.4. The van der Waals surface area contributed by atoms with Gasteiger partial charge in [-0.15, -0.1) is 0 Å². The van der Waals surface area contributed by atoms with Crippen LogP contribution >= 0.6 is 0 Å². The van der Waals surface area contributed by atoms with Crippen LogP contribution in [0.2, 0.25) is 0 Å². The van der Waals surface area contributed by atoms with Crippen LogP contribution in [0.1, 0.15) is 45.4 Å². The first-order chi connectivity index (χ1) is 11.6. The number of morpholine rings is 1. The van der Waals surface area contributed by atoms with Crippen LogP contribution < -0.4 is 5.32 Å². The average Bonchev–Trinajstić information content (AvgIpc) is 3.44. The first kappa shape index (κ1) is 17.5. The second-order valence-corrected chi connectivity index (χ2v) is 7.52. The summed E-state index contributed by atoms with van der Waals surface area (Å²) in [5.74, 6) is 0.609. The van der Waals surface area contributed by atoms with Crippen molar-refractivity contribution in [3.63, 3.8) is 0 Å². The predicted molar refractivity (Wildman–Crippen MR) is 92.3 cm³/mol. The number of ether oxygens (including phenoxy) is 1. The second kappa shape index (κ2) is 8.15. The summed E-state index contributed by atoms with van der Waals surface area (Å²) in [5, 5.41) is 3.15. The van der Waals surface area contributed by atoms with Crippen molar-refractivity contribution in [3.05, 3.63) is 12.2 Å². The first-order valence-corrected chi connectivity index (χ1v) is 9.47. The van der Waals surface area contributed by atoms with Gasteiger partial charge in [0.15, 0.2) is 0 Å². The summed E-state index contributed by atoms with van der Waals surface area (Å²) in [6.07, 6.45) is 10.4. The molecule has 0 spiro atoms. The Hall–Kier alpha value is -1.36. The van der Waals surface area contributed by atoms with Gasteiger partial charge in [-0.05, 0) is 38.5 Å². The van der Waals surface area contributed by atoms with Crippen LogP contribution in [-0.2, 0) is 14.3 Å². The van der Waals surface area contributed by atoms with Gasteiger partial charge < -0.3 is 15.0 Å². The van der Waals surface area contributed by atoms with E-state index in [1.165, 1.54) is 19.3 Å². The maximum absolute atomic E-state index is 12.8. The van der Waals surface area contributed by atoms with E-state index in [0.29, 0.717) is 39.1 Å². The van der Waals surface area contributed by atoms with Gasteiger partial charge in [0.25, 0.3) is 0 Å². The summed E-state index contributed by atoms with van der Waals surface area (Å²) in [6, 6.07) is 0.197. The zero-order valence-electron chi connectivity index (χ0n) is 14.7. The third kappa shape index (κ3) is 4.59. The van der Waals surface area contributed by atoms with E-state index in [0.717, 1.165) is 12.3 Å². The van der Waals surface area contributed by atoms with Crippen LogP contribution in [0.15, 0.2) is 12.2 Å². The molecule has 0 aromatic carbocycles. The maximum Gasteiger partial charge on any atom is 0.226 e. The summed E-state index contributed by atoms with van der Waals surface area (Å²) in [7, 11) is 0. The summed E-state index contributed by atoms with van der Waals surface area (Å²) in [5.41, 5.74) is 0. The lowest BCUT2D eigenvalue weighted by atomic mass is 9.81. The maximum atomic E-state index is 12.8.